The van der Waals surface area contributed by atoms with Gasteiger partial charge in [-0.3, -0.25) is 0 Å². The monoisotopic (exact) mass is 379 g/mol. The number of hydrogen-bond acceptors (Lipinski definition) is 5. The molecule has 108 valence electrons. The van der Waals surface area contributed by atoms with Crippen molar-refractivity contribution in [2.45, 2.75) is 18.4 Å². The van der Waals surface area contributed by atoms with Gasteiger partial charge in [-0.05, 0) is 35.0 Å². The molecule has 0 amide bonds. The van der Waals surface area contributed by atoms with Crippen LogP contribution in [0.15, 0.2) is 32.2 Å². The van der Waals surface area contributed by atoms with Gasteiger partial charge in [0.15, 0.2) is 4.67 Å². The van der Waals surface area contributed by atoms with Crippen LogP contribution in [-0.4, -0.2) is 19.5 Å². The smallest absolute Gasteiger partial charge is 0.371 e. The summed E-state index contributed by atoms with van der Waals surface area (Å²) in [5.74, 6) is -1.77. The first-order chi connectivity index (χ1) is 9.29. The zero-order valence-corrected chi connectivity index (χ0v) is 13.4. The van der Waals surface area contributed by atoms with Gasteiger partial charge in [0.25, 0.3) is 0 Å². The van der Waals surface area contributed by atoms with Crippen molar-refractivity contribution in [3.05, 3.63) is 38.4 Å². The van der Waals surface area contributed by atoms with Gasteiger partial charge >= 0.3 is 5.97 Å². The van der Waals surface area contributed by atoms with Crippen molar-refractivity contribution in [2.75, 3.05) is 0 Å². The van der Waals surface area contributed by atoms with E-state index in [1.165, 1.54) is 11.3 Å². The van der Waals surface area contributed by atoms with Crippen LogP contribution < -0.4 is 4.72 Å². The Kier molecular flexibility index (Phi) is 4.33. The van der Waals surface area contributed by atoms with Gasteiger partial charge in [0.05, 0.1) is 0 Å². The quantitative estimate of drug-likeness (QED) is 0.831. The maximum absolute atomic E-state index is 12.1. The van der Waals surface area contributed by atoms with Crippen molar-refractivity contribution in [3.8, 4) is 0 Å². The molecule has 0 aliphatic rings. The Morgan fingerprint density at radius 2 is 2.20 bits per heavy atom. The molecule has 0 saturated heterocycles. The van der Waals surface area contributed by atoms with Crippen LogP contribution in [0.4, 0.5) is 0 Å². The van der Waals surface area contributed by atoms with Gasteiger partial charge in [-0.2, -0.15) is 0 Å². The number of halogens is 1. The molecular formula is C11H10BrNO5S2. The van der Waals surface area contributed by atoms with Crippen LogP contribution >= 0.6 is 27.3 Å². The van der Waals surface area contributed by atoms with Crippen LogP contribution in [0.3, 0.4) is 0 Å². The molecule has 0 aliphatic heterocycles. The lowest BCUT2D eigenvalue weighted by Gasteiger charge is -2.03. The number of carboxylic acid groups (broad SMARTS) is 1. The predicted molar refractivity (Wildman–Crippen MR) is 76.4 cm³/mol. The Morgan fingerprint density at radius 1 is 1.50 bits per heavy atom. The number of aromatic carboxylic acids is 1. The maximum Gasteiger partial charge on any atom is 0.371 e. The summed E-state index contributed by atoms with van der Waals surface area (Å²) in [4.78, 5) is 12.5. The van der Waals surface area contributed by atoms with E-state index in [4.69, 9.17) is 9.52 Å². The number of nitrogens with one attached hydrogen (secondary N) is 1. The molecule has 2 N–H and O–H groups in total. The second kappa shape index (κ2) is 5.68. The molecule has 0 saturated carbocycles. The number of aryl methyl sites for hydroxylation is 1. The molecule has 0 fully saturated rings. The van der Waals surface area contributed by atoms with E-state index in [0.29, 0.717) is 0 Å². The van der Waals surface area contributed by atoms with Crippen molar-refractivity contribution in [1.29, 1.82) is 0 Å². The molecule has 0 unspecified atom stereocenters. The van der Waals surface area contributed by atoms with Crippen LogP contribution in [0.1, 0.15) is 20.3 Å². The number of furan rings is 1. The third kappa shape index (κ3) is 3.29. The standard InChI is InChI=1S/C11H10BrNO5S2/c1-6-2-3-7(19-6)5-13-20(16,17)9-4-8(11(14)15)18-10(9)12/h2-4,13H,5H2,1H3,(H,14,15). The lowest BCUT2D eigenvalue weighted by atomic mass is 10.4. The number of hydrogen-bond donors (Lipinski definition) is 2. The van der Waals surface area contributed by atoms with Crippen molar-refractivity contribution < 1.29 is 22.7 Å². The highest BCUT2D eigenvalue weighted by Gasteiger charge is 2.24. The molecule has 20 heavy (non-hydrogen) atoms. The van der Waals surface area contributed by atoms with E-state index in [1.54, 1.807) is 0 Å². The van der Waals surface area contributed by atoms with E-state index in [-0.39, 0.29) is 16.1 Å². The average molecular weight is 380 g/mol. The zero-order valence-electron chi connectivity index (χ0n) is 10.2. The van der Waals surface area contributed by atoms with E-state index in [9.17, 15) is 13.2 Å². The van der Waals surface area contributed by atoms with E-state index < -0.39 is 21.8 Å². The molecule has 2 heterocycles. The van der Waals surface area contributed by atoms with Crippen LogP contribution in [0.2, 0.25) is 0 Å². The van der Waals surface area contributed by atoms with Crippen molar-refractivity contribution in [2.24, 2.45) is 0 Å². The zero-order chi connectivity index (χ0) is 14.9. The Balaban J connectivity index is 2.20. The highest BCUT2D eigenvalue weighted by molar-refractivity contribution is 9.10. The van der Waals surface area contributed by atoms with Gasteiger partial charge in [0.1, 0.15) is 4.90 Å². The van der Waals surface area contributed by atoms with E-state index in [0.717, 1.165) is 15.8 Å². The molecule has 0 aromatic carbocycles. The number of rotatable bonds is 5. The lowest BCUT2D eigenvalue weighted by molar-refractivity contribution is 0.0661. The van der Waals surface area contributed by atoms with Crippen LogP contribution in [-0.2, 0) is 16.6 Å². The summed E-state index contributed by atoms with van der Waals surface area (Å²) in [6, 6.07) is 4.69. The molecule has 0 aliphatic carbocycles. The molecule has 2 aromatic rings. The first kappa shape index (κ1) is 15.2. The molecule has 0 atom stereocenters. The number of thiophene rings is 1. The van der Waals surface area contributed by atoms with Crippen LogP contribution in [0.25, 0.3) is 0 Å². The van der Waals surface area contributed by atoms with Gasteiger partial charge in [-0.25, -0.2) is 17.9 Å². The van der Waals surface area contributed by atoms with Gasteiger partial charge in [-0.1, -0.05) is 0 Å². The Morgan fingerprint density at radius 3 is 2.70 bits per heavy atom. The topological polar surface area (TPSA) is 96.6 Å². The maximum atomic E-state index is 12.1. The summed E-state index contributed by atoms with van der Waals surface area (Å²) in [5, 5.41) is 8.77. The normalized spacial score (nSPS) is 11.7. The molecule has 6 nitrogen and oxygen atoms in total. The number of sulfonamides is 1. The summed E-state index contributed by atoms with van der Waals surface area (Å²) < 4.78 is 31.2. The van der Waals surface area contributed by atoms with Gasteiger partial charge in [0, 0.05) is 22.4 Å². The minimum Gasteiger partial charge on any atom is -0.475 e. The van der Waals surface area contributed by atoms with Crippen LogP contribution in [0, 0.1) is 6.92 Å². The SMILES string of the molecule is Cc1ccc(CNS(=O)(=O)c2cc(C(=O)O)oc2Br)s1. The van der Waals surface area contributed by atoms with Gasteiger partial charge < -0.3 is 9.52 Å². The molecule has 2 aromatic heterocycles. The molecule has 0 bridgehead atoms. The predicted octanol–water partition coefficient (Wildman–Crippen LogP) is 2.59. The number of carboxylic acids is 1. The first-order valence-electron chi connectivity index (χ1n) is 5.37. The minimum absolute atomic E-state index is 0.134. The minimum atomic E-state index is -3.84. The molecule has 9 heteroatoms. The Hall–Kier alpha value is -1.16. The lowest BCUT2D eigenvalue weighted by Crippen LogP contribution is -2.22. The second-order valence-electron chi connectivity index (χ2n) is 3.89. The molecule has 0 spiro atoms. The second-order valence-corrected chi connectivity index (χ2v) is 7.72. The van der Waals surface area contributed by atoms with E-state index in [2.05, 4.69) is 20.7 Å². The third-order valence-electron chi connectivity index (χ3n) is 2.39. The highest BCUT2D eigenvalue weighted by atomic mass is 79.9. The fourth-order valence-electron chi connectivity index (χ4n) is 1.46. The summed E-state index contributed by atoms with van der Waals surface area (Å²) in [7, 11) is -3.84. The fraction of sp³-hybridized carbons (Fsp3) is 0.182. The summed E-state index contributed by atoms with van der Waals surface area (Å²) in [6.07, 6.45) is 0. The van der Waals surface area contributed by atoms with E-state index >= 15 is 0 Å². The van der Waals surface area contributed by atoms with Gasteiger partial charge in [-0.15, -0.1) is 11.3 Å². The highest BCUT2D eigenvalue weighted by Crippen LogP contribution is 2.26. The van der Waals surface area contributed by atoms with Crippen LogP contribution in [0.5, 0.6) is 0 Å². The molecule has 2 rings (SSSR count). The van der Waals surface area contributed by atoms with Crippen molar-refractivity contribution >= 4 is 43.3 Å². The summed E-state index contributed by atoms with van der Waals surface area (Å²) in [6.45, 7) is 2.06. The largest absolute Gasteiger partial charge is 0.475 e. The summed E-state index contributed by atoms with van der Waals surface area (Å²) in [5.41, 5.74) is 0. The number of carbonyl (C=O) groups is 1. The van der Waals surface area contributed by atoms with Gasteiger partial charge in [0.2, 0.25) is 15.8 Å². The first-order valence-corrected chi connectivity index (χ1v) is 8.46. The van der Waals surface area contributed by atoms with E-state index in [1.807, 2.05) is 19.1 Å². The van der Waals surface area contributed by atoms with Crippen molar-refractivity contribution in [1.82, 2.24) is 4.72 Å². The fourth-order valence-corrected chi connectivity index (χ4v) is 4.33. The van der Waals surface area contributed by atoms with Crippen molar-refractivity contribution in [3.63, 3.8) is 0 Å². The Labute approximate surface area is 127 Å². The Bertz CT molecular complexity index is 747. The summed E-state index contributed by atoms with van der Waals surface area (Å²) >= 11 is 4.39. The molecule has 0 radical (unpaired) electrons. The average Bonchev–Trinajstić information content (AvgIpc) is 2.93. The molecular weight excluding hydrogens is 370 g/mol. The third-order valence-corrected chi connectivity index (χ3v) is 5.65.